The summed E-state index contributed by atoms with van der Waals surface area (Å²) in [6, 6.07) is 6.98. The van der Waals surface area contributed by atoms with Crippen molar-refractivity contribution in [2.45, 2.75) is 20.3 Å². The number of para-hydroxylation sites is 2. The zero-order chi connectivity index (χ0) is 20.3. The molecule has 0 saturated carbocycles. The minimum Gasteiger partial charge on any atom is -0.491 e. The van der Waals surface area contributed by atoms with Crippen LogP contribution in [0.15, 0.2) is 24.3 Å². The number of hydrogen-bond acceptors (Lipinski definition) is 6. The number of rotatable bonds is 5. The molecule has 1 aliphatic rings. The van der Waals surface area contributed by atoms with E-state index in [0.717, 1.165) is 5.69 Å². The lowest BCUT2D eigenvalue weighted by molar-refractivity contribution is -0.146. The number of hydrogen-bond donors (Lipinski definition) is 1. The van der Waals surface area contributed by atoms with Gasteiger partial charge in [0, 0.05) is 7.05 Å². The maximum Gasteiger partial charge on any atom is 0.326 e. The van der Waals surface area contributed by atoms with Gasteiger partial charge in [-0.25, -0.2) is 0 Å². The van der Waals surface area contributed by atoms with E-state index in [1.165, 1.54) is 4.90 Å². The van der Waals surface area contributed by atoms with Gasteiger partial charge >= 0.3 is 5.97 Å². The third-order valence-corrected chi connectivity index (χ3v) is 4.46. The van der Waals surface area contributed by atoms with E-state index in [4.69, 9.17) is 9.47 Å². The second-order valence-electron chi connectivity index (χ2n) is 6.42. The van der Waals surface area contributed by atoms with Crippen LogP contribution >= 0.6 is 0 Å². The summed E-state index contributed by atoms with van der Waals surface area (Å²) in [5.41, 5.74) is 2.57. The highest BCUT2D eigenvalue weighted by molar-refractivity contribution is 6.00. The van der Waals surface area contributed by atoms with Crippen molar-refractivity contribution >= 4 is 29.2 Å². The average Bonchev–Trinajstić information content (AvgIpc) is 2.81. The lowest BCUT2D eigenvalue weighted by Crippen LogP contribution is -2.37. The van der Waals surface area contributed by atoms with E-state index in [9.17, 15) is 14.4 Å². The molecule has 2 heterocycles. The highest BCUT2D eigenvalue weighted by Crippen LogP contribution is 2.30. The second kappa shape index (κ2) is 8.12. The largest absolute Gasteiger partial charge is 0.491 e. The zero-order valence-corrected chi connectivity index (χ0v) is 16.0. The monoisotopic (exact) mass is 386 g/mol. The van der Waals surface area contributed by atoms with Gasteiger partial charge < -0.3 is 14.8 Å². The van der Waals surface area contributed by atoms with Crippen molar-refractivity contribution in [2.75, 3.05) is 30.0 Å². The van der Waals surface area contributed by atoms with E-state index in [0.29, 0.717) is 22.8 Å². The first kappa shape index (κ1) is 19.4. The molecule has 1 aliphatic heterocycles. The Bertz CT molecular complexity index is 921. The number of ether oxygens (including phenoxy) is 2. The van der Waals surface area contributed by atoms with Crippen molar-refractivity contribution in [1.82, 2.24) is 9.78 Å². The molecular formula is C19H22N4O5. The molecule has 0 bridgehead atoms. The van der Waals surface area contributed by atoms with E-state index in [2.05, 4.69) is 10.4 Å². The Hall–Kier alpha value is -3.36. The maximum atomic E-state index is 12.3. The van der Waals surface area contributed by atoms with Gasteiger partial charge in [0.15, 0.2) is 6.61 Å². The smallest absolute Gasteiger partial charge is 0.326 e. The van der Waals surface area contributed by atoms with Gasteiger partial charge in [0.25, 0.3) is 5.91 Å². The number of amides is 2. The predicted molar refractivity (Wildman–Crippen MR) is 101 cm³/mol. The number of aromatic nitrogens is 2. The highest BCUT2D eigenvalue weighted by Gasteiger charge is 2.26. The normalized spacial score (nSPS) is 13.4. The molecular weight excluding hydrogens is 364 g/mol. The summed E-state index contributed by atoms with van der Waals surface area (Å²) in [5.74, 6) is -0.868. The number of nitrogens with one attached hydrogen (secondary N) is 1. The second-order valence-corrected chi connectivity index (χ2v) is 6.42. The Morgan fingerprint density at radius 2 is 2.04 bits per heavy atom. The summed E-state index contributed by atoms with van der Waals surface area (Å²) < 4.78 is 12.2. The zero-order valence-electron chi connectivity index (χ0n) is 16.0. The number of carbonyl (C=O) groups is 3. The molecule has 1 aromatic carbocycles. The standard InChI is InChI=1S/C19H22N4O5/c1-12-19(13(2)22(3)21-12)20-16(24)11-28-18(26)10-23-14-6-4-5-7-15(14)27-9-8-17(23)25/h4-7H,8-11H2,1-3H3,(H,20,24). The van der Waals surface area contributed by atoms with Crippen molar-refractivity contribution in [3.8, 4) is 5.75 Å². The molecule has 1 aromatic heterocycles. The van der Waals surface area contributed by atoms with Gasteiger partial charge in [-0.05, 0) is 26.0 Å². The SMILES string of the molecule is Cc1nn(C)c(C)c1NC(=O)COC(=O)CN1C(=O)CCOc2ccccc21. The Kier molecular flexibility index (Phi) is 5.62. The van der Waals surface area contributed by atoms with Crippen LogP contribution in [0.1, 0.15) is 17.8 Å². The van der Waals surface area contributed by atoms with Crippen LogP contribution in [0.25, 0.3) is 0 Å². The first-order valence-corrected chi connectivity index (χ1v) is 8.84. The maximum absolute atomic E-state index is 12.3. The molecule has 9 nitrogen and oxygen atoms in total. The average molecular weight is 386 g/mol. The number of fused-ring (bicyclic) bond motifs is 1. The van der Waals surface area contributed by atoms with Crippen LogP contribution < -0.4 is 15.0 Å². The topological polar surface area (TPSA) is 103 Å². The predicted octanol–water partition coefficient (Wildman–Crippen LogP) is 1.33. The summed E-state index contributed by atoms with van der Waals surface area (Å²) in [5, 5.41) is 6.91. The van der Waals surface area contributed by atoms with E-state index in [1.54, 1.807) is 42.9 Å². The summed E-state index contributed by atoms with van der Waals surface area (Å²) in [4.78, 5) is 38.0. The molecule has 148 valence electrons. The number of benzene rings is 1. The van der Waals surface area contributed by atoms with Crippen LogP contribution in [0.2, 0.25) is 0 Å². The van der Waals surface area contributed by atoms with Crippen LogP contribution in [0.5, 0.6) is 5.75 Å². The molecule has 0 saturated heterocycles. The number of anilines is 2. The first-order valence-electron chi connectivity index (χ1n) is 8.84. The fourth-order valence-electron chi connectivity index (χ4n) is 2.94. The van der Waals surface area contributed by atoms with Crippen LogP contribution in [0.4, 0.5) is 11.4 Å². The van der Waals surface area contributed by atoms with Crippen molar-refractivity contribution < 1.29 is 23.9 Å². The molecule has 2 amide bonds. The minimum atomic E-state index is -0.681. The molecule has 0 unspecified atom stereocenters. The molecule has 3 rings (SSSR count). The molecule has 0 radical (unpaired) electrons. The van der Waals surface area contributed by atoms with Gasteiger partial charge in [-0.1, -0.05) is 12.1 Å². The molecule has 0 atom stereocenters. The van der Waals surface area contributed by atoms with Gasteiger partial charge in [-0.2, -0.15) is 5.10 Å². The van der Waals surface area contributed by atoms with Crippen LogP contribution in [0.3, 0.4) is 0 Å². The Balaban J connectivity index is 1.59. The van der Waals surface area contributed by atoms with Gasteiger partial charge in [0.1, 0.15) is 12.3 Å². The van der Waals surface area contributed by atoms with Crippen molar-refractivity contribution in [3.63, 3.8) is 0 Å². The molecule has 9 heteroatoms. The van der Waals surface area contributed by atoms with Gasteiger partial charge in [-0.15, -0.1) is 0 Å². The van der Waals surface area contributed by atoms with E-state index < -0.39 is 18.5 Å². The van der Waals surface area contributed by atoms with Gasteiger partial charge in [0.05, 0.1) is 35.8 Å². The third kappa shape index (κ3) is 4.13. The van der Waals surface area contributed by atoms with Crippen molar-refractivity contribution in [2.24, 2.45) is 7.05 Å². The van der Waals surface area contributed by atoms with Crippen LogP contribution in [0, 0.1) is 13.8 Å². The number of nitrogens with zero attached hydrogens (tertiary/aromatic N) is 3. The minimum absolute atomic E-state index is 0.155. The summed E-state index contributed by atoms with van der Waals surface area (Å²) in [6.07, 6.45) is 0.155. The number of esters is 1. The third-order valence-electron chi connectivity index (χ3n) is 4.46. The summed E-state index contributed by atoms with van der Waals surface area (Å²) >= 11 is 0. The Morgan fingerprint density at radius 3 is 2.75 bits per heavy atom. The summed E-state index contributed by atoms with van der Waals surface area (Å²) in [7, 11) is 1.78. The summed E-state index contributed by atoms with van der Waals surface area (Å²) in [6.45, 7) is 3.10. The fraction of sp³-hybridized carbons (Fsp3) is 0.368. The quantitative estimate of drug-likeness (QED) is 0.778. The van der Waals surface area contributed by atoms with E-state index in [1.807, 2.05) is 6.92 Å². The molecule has 0 aliphatic carbocycles. The Labute approximate surface area is 162 Å². The number of carbonyl (C=O) groups excluding carboxylic acids is 3. The lowest BCUT2D eigenvalue weighted by atomic mass is 10.2. The van der Waals surface area contributed by atoms with Crippen molar-refractivity contribution in [3.05, 3.63) is 35.7 Å². The van der Waals surface area contributed by atoms with E-state index in [-0.39, 0.29) is 25.5 Å². The van der Waals surface area contributed by atoms with Gasteiger partial charge in [-0.3, -0.25) is 24.0 Å². The van der Waals surface area contributed by atoms with E-state index >= 15 is 0 Å². The lowest BCUT2D eigenvalue weighted by Gasteiger charge is -2.20. The molecule has 28 heavy (non-hydrogen) atoms. The van der Waals surface area contributed by atoms with Crippen LogP contribution in [-0.2, 0) is 26.2 Å². The first-order chi connectivity index (χ1) is 13.4. The van der Waals surface area contributed by atoms with Crippen LogP contribution in [-0.4, -0.2) is 47.3 Å². The molecule has 2 aromatic rings. The molecule has 1 N–H and O–H groups in total. The fourth-order valence-corrected chi connectivity index (χ4v) is 2.94. The molecule has 0 spiro atoms. The van der Waals surface area contributed by atoms with Crippen molar-refractivity contribution in [1.29, 1.82) is 0 Å². The number of aryl methyl sites for hydroxylation is 2. The highest BCUT2D eigenvalue weighted by atomic mass is 16.5. The molecule has 0 fully saturated rings. The Morgan fingerprint density at radius 1 is 1.29 bits per heavy atom. The van der Waals surface area contributed by atoms with Gasteiger partial charge in [0.2, 0.25) is 5.91 Å².